The molecule has 1 saturated carbocycles. The number of likely N-dealkylation sites (N-methyl/N-ethyl adjacent to an activating group) is 1. The van der Waals surface area contributed by atoms with E-state index >= 15 is 0 Å². The first-order valence-electron chi connectivity index (χ1n) is 10.2. The maximum atomic E-state index is 12.8. The van der Waals surface area contributed by atoms with Crippen molar-refractivity contribution < 1.29 is 22.4 Å². The number of hydrogen-bond acceptors (Lipinski definition) is 7. The molecule has 0 amide bonds. The fraction of sp³-hybridized carbons (Fsp3) is 0.381. The van der Waals surface area contributed by atoms with Gasteiger partial charge in [-0.1, -0.05) is 24.7 Å². The Labute approximate surface area is 191 Å². The van der Waals surface area contributed by atoms with E-state index in [1.54, 1.807) is 6.20 Å². The molecular weight excluding hydrogens is 452 g/mol. The van der Waals surface area contributed by atoms with Crippen molar-refractivity contribution >= 4 is 38.8 Å². The Balaban J connectivity index is 1.59. The van der Waals surface area contributed by atoms with Crippen LogP contribution >= 0.6 is 12.2 Å². The van der Waals surface area contributed by atoms with Crippen molar-refractivity contribution in [2.45, 2.75) is 42.3 Å². The molecule has 3 aromatic heterocycles. The number of hydrogen-bond donors (Lipinski definition) is 1. The van der Waals surface area contributed by atoms with Crippen molar-refractivity contribution in [3.63, 3.8) is 0 Å². The minimum absolute atomic E-state index is 0.239. The standard InChI is InChI=1S/C21H24N4O5S2/c1-24(32(27,28)19-6-4-12-29-19)14-18(26)30-16-5-2-3-9-21(16,20(22)31)15-7-8-17-23-10-11-25(17)13-15/h4,6-8,10-13,16H,2-3,5,9,14H2,1H3,(H2,22,31). The number of imidazole rings is 1. The first-order valence-corrected chi connectivity index (χ1v) is 12.0. The van der Waals surface area contributed by atoms with Crippen LogP contribution in [0.2, 0.25) is 0 Å². The largest absolute Gasteiger partial charge is 0.460 e. The molecule has 3 heterocycles. The molecule has 9 nitrogen and oxygen atoms in total. The number of nitrogens with two attached hydrogens (primary N) is 1. The highest BCUT2D eigenvalue weighted by Crippen LogP contribution is 2.42. The van der Waals surface area contributed by atoms with Crippen molar-refractivity contribution in [1.29, 1.82) is 0 Å². The number of rotatable bonds is 7. The van der Waals surface area contributed by atoms with Crippen LogP contribution in [0.1, 0.15) is 31.2 Å². The third-order valence-electron chi connectivity index (χ3n) is 5.97. The van der Waals surface area contributed by atoms with Gasteiger partial charge in [-0.15, -0.1) is 0 Å². The summed E-state index contributed by atoms with van der Waals surface area (Å²) in [5.41, 5.74) is 7.02. The zero-order chi connectivity index (χ0) is 22.9. The third-order valence-corrected chi connectivity index (χ3v) is 8.02. The minimum atomic E-state index is -3.94. The van der Waals surface area contributed by atoms with Crippen LogP contribution < -0.4 is 5.73 Å². The van der Waals surface area contributed by atoms with E-state index in [1.807, 2.05) is 28.9 Å². The number of pyridine rings is 1. The van der Waals surface area contributed by atoms with Crippen LogP contribution in [-0.2, 0) is 25.0 Å². The van der Waals surface area contributed by atoms with Gasteiger partial charge in [0.2, 0.25) is 5.09 Å². The molecule has 3 aromatic rings. The zero-order valence-electron chi connectivity index (χ0n) is 17.5. The van der Waals surface area contributed by atoms with Crippen molar-refractivity contribution in [3.05, 3.63) is 54.7 Å². The molecule has 32 heavy (non-hydrogen) atoms. The van der Waals surface area contributed by atoms with Gasteiger partial charge < -0.3 is 19.3 Å². The van der Waals surface area contributed by atoms with Crippen LogP contribution in [0.5, 0.6) is 0 Å². The Hall–Kier alpha value is -2.76. The normalized spacial score (nSPS) is 21.6. The van der Waals surface area contributed by atoms with E-state index in [-0.39, 0.29) is 10.1 Å². The van der Waals surface area contributed by atoms with Crippen molar-refractivity contribution in [1.82, 2.24) is 13.7 Å². The Morgan fingerprint density at radius 3 is 2.94 bits per heavy atom. The molecule has 0 aliphatic heterocycles. The summed E-state index contributed by atoms with van der Waals surface area (Å²) in [6.45, 7) is -0.465. The maximum absolute atomic E-state index is 12.8. The summed E-state index contributed by atoms with van der Waals surface area (Å²) >= 11 is 5.49. The lowest BCUT2D eigenvalue weighted by Crippen LogP contribution is -2.53. The Morgan fingerprint density at radius 2 is 2.22 bits per heavy atom. The van der Waals surface area contributed by atoms with Crippen molar-refractivity contribution in [2.24, 2.45) is 5.73 Å². The van der Waals surface area contributed by atoms with E-state index in [2.05, 4.69) is 4.98 Å². The van der Waals surface area contributed by atoms with E-state index in [0.29, 0.717) is 12.8 Å². The van der Waals surface area contributed by atoms with E-state index in [4.69, 9.17) is 27.1 Å². The summed E-state index contributed by atoms with van der Waals surface area (Å²) in [7, 11) is -2.64. The number of carbonyl (C=O) groups excluding carboxylic acids is 1. The van der Waals surface area contributed by atoms with Gasteiger partial charge in [0, 0.05) is 25.6 Å². The number of sulfonamides is 1. The molecule has 0 aromatic carbocycles. The molecule has 0 spiro atoms. The lowest BCUT2D eigenvalue weighted by molar-refractivity contribution is -0.153. The fourth-order valence-electron chi connectivity index (χ4n) is 4.27. The summed E-state index contributed by atoms with van der Waals surface area (Å²) in [6, 6.07) is 6.56. The number of furan rings is 1. The van der Waals surface area contributed by atoms with Gasteiger partial charge in [-0.05, 0) is 43.0 Å². The minimum Gasteiger partial charge on any atom is -0.460 e. The fourth-order valence-corrected chi connectivity index (χ4v) is 5.63. The number of nitrogens with zero attached hydrogens (tertiary/aromatic N) is 3. The summed E-state index contributed by atoms with van der Waals surface area (Å²) in [4.78, 5) is 17.3. The average Bonchev–Trinajstić information content (AvgIpc) is 3.45. The Morgan fingerprint density at radius 1 is 1.41 bits per heavy atom. The highest BCUT2D eigenvalue weighted by Gasteiger charge is 2.47. The van der Waals surface area contributed by atoms with Crippen LogP contribution in [0, 0.1) is 0 Å². The molecule has 2 atom stereocenters. The van der Waals surface area contributed by atoms with Gasteiger partial charge in [0.05, 0.1) is 16.7 Å². The number of aromatic nitrogens is 2. The first-order chi connectivity index (χ1) is 15.2. The maximum Gasteiger partial charge on any atom is 0.321 e. The van der Waals surface area contributed by atoms with Gasteiger partial charge in [0.25, 0.3) is 10.0 Å². The molecule has 2 unspecified atom stereocenters. The van der Waals surface area contributed by atoms with Gasteiger partial charge in [-0.25, -0.2) is 13.4 Å². The predicted molar refractivity (Wildman–Crippen MR) is 121 cm³/mol. The summed E-state index contributed by atoms with van der Waals surface area (Å²) < 4.78 is 38.7. The number of carbonyl (C=O) groups is 1. The van der Waals surface area contributed by atoms with Crippen LogP contribution in [0.15, 0.2) is 58.6 Å². The van der Waals surface area contributed by atoms with Crippen LogP contribution in [0.4, 0.5) is 0 Å². The predicted octanol–water partition coefficient (Wildman–Crippen LogP) is 2.26. The number of esters is 1. The van der Waals surface area contributed by atoms with Gasteiger partial charge in [-0.2, -0.15) is 4.31 Å². The SMILES string of the molecule is CN(CC(=O)OC1CCCCC1(C(N)=S)c1ccc2nccn2c1)S(=O)(=O)c1ccco1. The topological polar surface area (TPSA) is 120 Å². The second kappa shape index (κ2) is 8.64. The van der Waals surface area contributed by atoms with E-state index in [0.717, 1.165) is 28.4 Å². The van der Waals surface area contributed by atoms with Gasteiger partial charge in [0.1, 0.15) is 18.3 Å². The summed E-state index contributed by atoms with van der Waals surface area (Å²) in [6.07, 6.45) is 8.99. The van der Waals surface area contributed by atoms with Crippen molar-refractivity contribution in [3.8, 4) is 0 Å². The van der Waals surface area contributed by atoms with Crippen molar-refractivity contribution in [2.75, 3.05) is 13.6 Å². The van der Waals surface area contributed by atoms with E-state index in [1.165, 1.54) is 25.4 Å². The Kier molecular flexibility index (Phi) is 6.06. The third kappa shape index (κ3) is 3.91. The second-order valence-electron chi connectivity index (χ2n) is 7.86. The molecule has 0 radical (unpaired) electrons. The highest BCUT2D eigenvalue weighted by molar-refractivity contribution is 7.89. The molecule has 1 aliphatic carbocycles. The molecule has 1 fully saturated rings. The molecule has 2 N–H and O–H groups in total. The Bertz CT molecular complexity index is 1240. The van der Waals surface area contributed by atoms with E-state index in [9.17, 15) is 13.2 Å². The average molecular weight is 477 g/mol. The van der Waals surface area contributed by atoms with Gasteiger partial charge in [0.15, 0.2) is 0 Å². The van der Waals surface area contributed by atoms with Crippen LogP contribution in [0.3, 0.4) is 0 Å². The quantitative estimate of drug-likeness (QED) is 0.407. The monoisotopic (exact) mass is 476 g/mol. The molecule has 4 rings (SSSR count). The second-order valence-corrected chi connectivity index (χ2v) is 10.3. The zero-order valence-corrected chi connectivity index (χ0v) is 19.1. The lowest BCUT2D eigenvalue weighted by Gasteiger charge is -2.43. The molecule has 170 valence electrons. The molecule has 11 heteroatoms. The smallest absolute Gasteiger partial charge is 0.321 e. The van der Waals surface area contributed by atoms with E-state index < -0.39 is 34.1 Å². The van der Waals surface area contributed by atoms with Gasteiger partial charge in [-0.3, -0.25) is 4.79 Å². The molecule has 1 aliphatic rings. The first kappa shape index (κ1) is 22.4. The lowest BCUT2D eigenvalue weighted by atomic mass is 9.67. The number of ether oxygens (including phenoxy) is 1. The van der Waals surface area contributed by atoms with Crippen LogP contribution in [-0.4, -0.2) is 52.8 Å². The summed E-state index contributed by atoms with van der Waals surface area (Å²) in [5.74, 6) is -0.682. The molecular formula is C21H24N4O5S2. The molecule has 0 saturated heterocycles. The number of fused-ring (bicyclic) bond motifs is 1. The highest BCUT2D eigenvalue weighted by atomic mass is 32.2. The summed E-state index contributed by atoms with van der Waals surface area (Å²) in [5, 5.41) is -0.239. The molecule has 0 bridgehead atoms. The number of thiocarbonyl (C=S) groups is 1. The van der Waals surface area contributed by atoms with Crippen LogP contribution in [0.25, 0.3) is 5.65 Å². The van der Waals surface area contributed by atoms with Gasteiger partial charge >= 0.3 is 5.97 Å².